The highest BCUT2D eigenvalue weighted by molar-refractivity contribution is 6.31. The molecule has 98 valence electrons. The molecule has 0 saturated carbocycles. The Morgan fingerprint density at radius 1 is 1.05 bits per heavy atom. The van der Waals surface area contributed by atoms with Crippen molar-refractivity contribution in [2.75, 3.05) is 5.43 Å². The molecular weight excluding hydrogens is 272 g/mol. The maximum absolute atomic E-state index is 5.96. The Balaban J connectivity index is 1.86. The number of hydrogen-bond donors (Lipinski definition) is 1. The third-order valence-electron chi connectivity index (χ3n) is 2.77. The largest absolute Gasteiger partial charge is 0.278 e. The lowest BCUT2D eigenvalue weighted by atomic mass is 10.2. The van der Waals surface area contributed by atoms with Crippen LogP contribution in [-0.4, -0.2) is 16.2 Å². The molecule has 1 N–H and O–H groups in total. The van der Waals surface area contributed by atoms with Crippen LogP contribution in [0.4, 0.5) is 5.69 Å². The Morgan fingerprint density at radius 3 is 2.85 bits per heavy atom. The first-order chi connectivity index (χ1) is 9.83. The molecule has 4 nitrogen and oxygen atoms in total. The first kappa shape index (κ1) is 12.6. The molecule has 0 aliphatic heterocycles. The van der Waals surface area contributed by atoms with Crippen LogP contribution in [0.3, 0.4) is 0 Å². The number of anilines is 1. The van der Waals surface area contributed by atoms with Gasteiger partial charge in [0, 0.05) is 22.8 Å². The summed E-state index contributed by atoms with van der Waals surface area (Å²) in [7, 11) is 0. The van der Waals surface area contributed by atoms with E-state index in [2.05, 4.69) is 20.5 Å². The summed E-state index contributed by atoms with van der Waals surface area (Å²) in [6.45, 7) is 0. The molecule has 2 aromatic heterocycles. The van der Waals surface area contributed by atoms with Crippen LogP contribution in [0.5, 0.6) is 0 Å². The predicted octanol–water partition coefficient (Wildman–Crippen LogP) is 3.73. The first-order valence-corrected chi connectivity index (χ1v) is 6.45. The third-order valence-corrected chi connectivity index (χ3v) is 3.01. The Hall–Kier alpha value is -2.46. The fraction of sp³-hybridized carbons (Fsp3) is 0. The summed E-state index contributed by atoms with van der Waals surface area (Å²) in [5.74, 6) is 0. The molecule has 0 unspecified atom stereocenters. The molecule has 0 amide bonds. The first-order valence-electron chi connectivity index (χ1n) is 6.07. The van der Waals surface area contributed by atoms with Crippen molar-refractivity contribution in [3.05, 3.63) is 65.6 Å². The van der Waals surface area contributed by atoms with Gasteiger partial charge in [0.05, 0.1) is 23.1 Å². The number of nitrogens with one attached hydrogen (secondary N) is 1. The minimum Gasteiger partial charge on any atom is -0.278 e. The number of pyridine rings is 2. The van der Waals surface area contributed by atoms with Gasteiger partial charge >= 0.3 is 0 Å². The highest BCUT2D eigenvalue weighted by Crippen LogP contribution is 2.24. The van der Waals surface area contributed by atoms with Gasteiger partial charge in [-0.05, 0) is 36.4 Å². The van der Waals surface area contributed by atoms with E-state index in [1.54, 1.807) is 18.6 Å². The van der Waals surface area contributed by atoms with E-state index in [-0.39, 0.29) is 0 Å². The minimum absolute atomic E-state index is 0.666. The molecule has 0 aliphatic carbocycles. The van der Waals surface area contributed by atoms with Gasteiger partial charge in [0.2, 0.25) is 0 Å². The molecule has 0 bridgehead atoms. The predicted molar refractivity (Wildman–Crippen MR) is 82.2 cm³/mol. The number of nitrogens with zero attached hydrogens (tertiary/aromatic N) is 3. The van der Waals surface area contributed by atoms with E-state index in [9.17, 15) is 0 Å². The van der Waals surface area contributed by atoms with E-state index in [1.807, 2.05) is 42.5 Å². The Kier molecular flexibility index (Phi) is 3.56. The van der Waals surface area contributed by atoms with Crippen molar-refractivity contribution in [3.8, 4) is 0 Å². The smallest absolute Gasteiger partial charge is 0.0830 e. The van der Waals surface area contributed by atoms with Gasteiger partial charge in [0.1, 0.15) is 0 Å². The molecular formula is C15H11ClN4. The zero-order valence-electron chi connectivity index (χ0n) is 10.5. The van der Waals surface area contributed by atoms with Crippen molar-refractivity contribution in [2.24, 2.45) is 5.10 Å². The van der Waals surface area contributed by atoms with Crippen molar-refractivity contribution in [1.82, 2.24) is 9.97 Å². The second-order valence-corrected chi connectivity index (χ2v) is 4.58. The summed E-state index contributed by atoms with van der Waals surface area (Å²) < 4.78 is 0. The lowest BCUT2D eigenvalue weighted by molar-refractivity contribution is 1.28. The van der Waals surface area contributed by atoms with E-state index >= 15 is 0 Å². The normalized spacial score (nSPS) is 11.1. The van der Waals surface area contributed by atoms with Gasteiger partial charge in [0.25, 0.3) is 0 Å². The van der Waals surface area contributed by atoms with Gasteiger partial charge in [-0.25, -0.2) is 0 Å². The van der Waals surface area contributed by atoms with Gasteiger partial charge < -0.3 is 0 Å². The molecule has 20 heavy (non-hydrogen) atoms. The minimum atomic E-state index is 0.666. The maximum Gasteiger partial charge on any atom is 0.0830 e. The molecule has 0 spiro atoms. The van der Waals surface area contributed by atoms with Crippen LogP contribution in [0.25, 0.3) is 10.9 Å². The lowest BCUT2D eigenvalue weighted by Gasteiger charge is -2.05. The zero-order valence-corrected chi connectivity index (χ0v) is 11.2. The average molecular weight is 283 g/mol. The summed E-state index contributed by atoms with van der Waals surface area (Å²) in [5.41, 5.74) is 5.50. The second-order valence-electron chi connectivity index (χ2n) is 4.14. The summed E-state index contributed by atoms with van der Waals surface area (Å²) in [4.78, 5) is 8.45. The molecule has 0 aliphatic rings. The van der Waals surface area contributed by atoms with Crippen LogP contribution in [-0.2, 0) is 0 Å². The maximum atomic E-state index is 5.96. The molecule has 3 rings (SSSR count). The van der Waals surface area contributed by atoms with Gasteiger partial charge in [-0.2, -0.15) is 5.10 Å². The average Bonchev–Trinajstić information content (AvgIpc) is 2.48. The van der Waals surface area contributed by atoms with Crippen molar-refractivity contribution in [2.45, 2.75) is 0 Å². The molecule has 0 atom stereocenters. The van der Waals surface area contributed by atoms with E-state index in [0.29, 0.717) is 5.02 Å². The number of hydrogen-bond acceptors (Lipinski definition) is 4. The number of rotatable bonds is 3. The van der Waals surface area contributed by atoms with Crippen LogP contribution < -0.4 is 5.43 Å². The van der Waals surface area contributed by atoms with Crippen molar-refractivity contribution < 1.29 is 0 Å². The molecule has 1 aromatic carbocycles. The highest BCUT2D eigenvalue weighted by Gasteiger charge is 2.01. The Bertz CT molecular complexity index is 756. The summed E-state index contributed by atoms with van der Waals surface area (Å²) in [5, 5.41) is 5.82. The van der Waals surface area contributed by atoms with Gasteiger partial charge in [0.15, 0.2) is 0 Å². The second kappa shape index (κ2) is 5.67. The van der Waals surface area contributed by atoms with Crippen molar-refractivity contribution in [1.29, 1.82) is 0 Å². The van der Waals surface area contributed by atoms with Crippen LogP contribution in [0, 0.1) is 0 Å². The van der Waals surface area contributed by atoms with E-state index in [4.69, 9.17) is 11.6 Å². The van der Waals surface area contributed by atoms with E-state index < -0.39 is 0 Å². The van der Waals surface area contributed by atoms with E-state index in [0.717, 1.165) is 22.3 Å². The lowest BCUT2D eigenvalue weighted by Crippen LogP contribution is -1.93. The molecule has 0 saturated heterocycles. The Labute approximate surface area is 121 Å². The number of fused-ring (bicyclic) bond motifs is 1. The van der Waals surface area contributed by atoms with E-state index in [1.165, 1.54) is 0 Å². The standard InChI is InChI=1S/C15H11ClN4/c16-11-4-5-13-14(6-8-18-15(13)9-11)20-19-10-12-3-1-2-7-17-12/h1-10H,(H,18,20)/b19-10+. The van der Waals surface area contributed by atoms with Crippen LogP contribution in [0.15, 0.2) is 60.0 Å². The molecule has 0 fully saturated rings. The molecule has 0 radical (unpaired) electrons. The topological polar surface area (TPSA) is 50.2 Å². The third kappa shape index (κ3) is 2.75. The monoisotopic (exact) mass is 282 g/mol. The van der Waals surface area contributed by atoms with Crippen molar-refractivity contribution in [3.63, 3.8) is 0 Å². The van der Waals surface area contributed by atoms with Crippen molar-refractivity contribution >= 4 is 34.4 Å². The van der Waals surface area contributed by atoms with Gasteiger partial charge in [-0.15, -0.1) is 0 Å². The number of hydrazone groups is 1. The van der Waals surface area contributed by atoms with Gasteiger partial charge in [-0.1, -0.05) is 17.7 Å². The highest BCUT2D eigenvalue weighted by atomic mass is 35.5. The number of halogens is 1. The fourth-order valence-corrected chi connectivity index (χ4v) is 2.01. The molecule has 3 aromatic rings. The number of aromatic nitrogens is 2. The Morgan fingerprint density at radius 2 is 2.00 bits per heavy atom. The quantitative estimate of drug-likeness (QED) is 0.588. The molecule has 2 heterocycles. The van der Waals surface area contributed by atoms with Gasteiger partial charge in [-0.3, -0.25) is 15.4 Å². The zero-order chi connectivity index (χ0) is 13.8. The summed E-state index contributed by atoms with van der Waals surface area (Å²) in [6.07, 6.45) is 5.12. The summed E-state index contributed by atoms with van der Waals surface area (Å²) in [6, 6.07) is 13.1. The van der Waals surface area contributed by atoms with Crippen LogP contribution >= 0.6 is 11.6 Å². The van der Waals surface area contributed by atoms with Crippen LogP contribution in [0.2, 0.25) is 5.02 Å². The fourth-order valence-electron chi connectivity index (χ4n) is 1.84. The summed E-state index contributed by atoms with van der Waals surface area (Å²) >= 11 is 5.96. The number of benzene rings is 1. The molecule has 5 heteroatoms. The SMILES string of the molecule is Clc1ccc2c(N/N=C/c3ccccn3)ccnc2c1. The van der Waals surface area contributed by atoms with Crippen LogP contribution in [0.1, 0.15) is 5.69 Å².